The van der Waals surface area contributed by atoms with Gasteiger partial charge in [-0.15, -0.1) is 0 Å². The van der Waals surface area contributed by atoms with Gasteiger partial charge in [0.2, 0.25) is 0 Å². The van der Waals surface area contributed by atoms with Crippen LogP contribution in [0.25, 0.3) is 0 Å². The van der Waals surface area contributed by atoms with E-state index in [4.69, 9.17) is 0 Å². The second kappa shape index (κ2) is 7.32. The molecule has 0 radical (unpaired) electrons. The molecule has 1 aromatic carbocycles. The van der Waals surface area contributed by atoms with E-state index in [0.717, 1.165) is 30.9 Å². The Morgan fingerprint density at radius 3 is 2.62 bits per heavy atom. The highest BCUT2D eigenvalue weighted by Gasteiger charge is 2.11. The lowest BCUT2D eigenvalue weighted by atomic mass is 10.0. The minimum atomic E-state index is 0.303. The number of hydrogen-bond acceptors (Lipinski definition) is 3. The van der Waals surface area contributed by atoms with Crippen molar-refractivity contribution < 1.29 is 0 Å². The maximum atomic E-state index is 4.69. The molecular weight excluding hydrogens is 258 g/mol. The molecule has 0 fully saturated rings. The van der Waals surface area contributed by atoms with Gasteiger partial charge in [0.15, 0.2) is 0 Å². The van der Waals surface area contributed by atoms with Crippen LogP contribution in [-0.4, -0.2) is 16.5 Å². The minimum Gasteiger partial charge on any atom is -0.310 e. The number of rotatable bonds is 6. The molecule has 0 spiro atoms. The molecule has 3 heteroatoms. The van der Waals surface area contributed by atoms with E-state index in [0.29, 0.717) is 6.04 Å². The average molecular weight is 283 g/mol. The van der Waals surface area contributed by atoms with E-state index in [-0.39, 0.29) is 0 Å². The van der Waals surface area contributed by atoms with E-state index in [2.05, 4.69) is 67.2 Å². The highest BCUT2D eigenvalue weighted by Crippen LogP contribution is 2.16. The van der Waals surface area contributed by atoms with E-state index in [1.807, 2.05) is 6.20 Å². The molecule has 1 atom stereocenters. The Kier molecular flexibility index (Phi) is 5.45. The quantitative estimate of drug-likeness (QED) is 0.877. The summed E-state index contributed by atoms with van der Waals surface area (Å²) in [4.78, 5) is 9.24. The van der Waals surface area contributed by atoms with Crippen LogP contribution in [0.1, 0.15) is 54.5 Å². The lowest BCUT2D eigenvalue weighted by molar-refractivity contribution is 0.563. The molecular formula is C18H25N3. The van der Waals surface area contributed by atoms with E-state index >= 15 is 0 Å². The zero-order valence-electron chi connectivity index (χ0n) is 13.5. The third-order valence-electron chi connectivity index (χ3n) is 3.84. The first-order valence-electron chi connectivity index (χ1n) is 7.72. The average Bonchev–Trinajstić information content (AvgIpc) is 2.47. The van der Waals surface area contributed by atoms with E-state index in [9.17, 15) is 0 Å². The van der Waals surface area contributed by atoms with Crippen LogP contribution >= 0.6 is 0 Å². The molecule has 112 valence electrons. The first kappa shape index (κ1) is 15.6. The standard InChI is InChI=1S/C18H25N3/c1-5-10-19-14(3)17-12-20-18(21-15(17)4)11-16-9-7-6-8-13(16)2/h6-9,12,14,19H,5,10-11H2,1-4H3. The Morgan fingerprint density at radius 1 is 1.19 bits per heavy atom. The van der Waals surface area contributed by atoms with Crippen LogP contribution in [0.5, 0.6) is 0 Å². The molecule has 1 N–H and O–H groups in total. The molecule has 2 rings (SSSR count). The van der Waals surface area contributed by atoms with Crippen LogP contribution in [0, 0.1) is 13.8 Å². The summed E-state index contributed by atoms with van der Waals surface area (Å²) in [5.41, 5.74) is 4.85. The molecule has 0 saturated carbocycles. The van der Waals surface area contributed by atoms with Crippen LogP contribution in [-0.2, 0) is 6.42 Å². The maximum Gasteiger partial charge on any atom is 0.132 e. The summed E-state index contributed by atoms with van der Waals surface area (Å²) in [5.74, 6) is 0.897. The Morgan fingerprint density at radius 2 is 1.95 bits per heavy atom. The predicted octanol–water partition coefficient (Wildman–Crippen LogP) is 3.74. The summed E-state index contributed by atoms with van der Waals surface area (Å²) in [5, 5.41) is 3.49. The molecule has 0 aliphatic rings. The van der Waals surface area contributed by atoms with Crippen molar-refractivity contribution in [2.75, 3.05) is 6.54 Å². The normalized spacial score (nSPS) is 12.4. The second-order valence-electron chi connectivity index (χ2n) is 5.61. The van der Waals surface area contributed by atoms with Crippen molar-refractivity contribution in [2.45, 2.75) is 46.6 Å². The number of nitrogens with zero attached hydrogens (tertiary/aromatic N) is 2. The number of nitrogens with one attached hydrogen (secondary N) is 1. The molecule has 0 aliphatic heterocycles. The van der Waals surface area contributed by atoms with Gasteiger partial charge in [0, 0.05) is 29.9 Å². The summed E-state index contributed by atoms with van der Waals surface area (Å²) in [6.07, 6.45) is 3.91. The fraction of sp³-hybridized carbons (Fsp3) is 0.444. The number of aryl methyl sites for hydroxylation is 2. The highest BCUT2D eigenvalue weighted by molar-refractivity contribution is 5.29. The Labute approximate surface area is 127 Å². The smallest absolute Gasteiger partial charge is 0.132 e. The molecule has 1 unspecified atom stereocenters. The topological polar surface area (TPSA) is 37.8 Å². The monoisotopic (exact) mass is 283 g/mol. The third-order valence-corrected chi connectivity index (χ3v) is 3.84. The number of aromatic nitrogens is 2. The van der Waals surface area contributed by atoms with Gasteiger partial charge in [0.25, 0.3) is 0 Å². The first-order chi connectivity index (χ1) is 10.1. The van der Waals surface area contributed by atoms with Crippen molar-refractivity contribution in [1.82, 2.24) is 15.3 Å². The van der Waals surface area contributed by atoms with Crippen molar-refractivity contribution in [2.24, 2.45) is 0 Å². The predicted molar refractivity (Wildman–Crippen MR) is 87.5 cm³/mol. The number of benzene rings is 1. The summed E-state index contributed by atoms with van der Waals surface area (Å²) < 4.78 is 0. The van der Waals surface area contributed by atoms with E-state index in [1.165, 1.54) is 16.7 Å². The summed E-state index contributed by atoms with van der Waals surface area (Å²) in [7, 11) is 0. The van der Waals surface area contributed by atoms with Crippen LogP contribution in [0.3, 0.4) is 0 Å². The number of hydrogen-bond donors (Lipinski definition) is 1. The maximum absolute atomic E-state index is 4.69. The molecule has 3 nitrogen and oxygen atoms in total. The molecule has 0 bridgehead atoms. The molecule has 0 amide bonds. The zero-order valence-corrected chi connectivity index (χ0v) is 13.5. The van der Waals surface area contributed by atoms with Crippen LogP contribution in [0.15, 0.2) is 30.5 Å². The Bertz CT molecular complexity index is 593. The second-order valence-corrected chi connectivity index (χ2v) is 5.61. The molecule has 0 aliphatic carbocycles. The molecule has 1 heterocycles. The third kappa shape index (κ3) is 4.11. The van der Waals surface area contributed by atoms with Gasteiger partial charge in [0.05, 0.1) is 0 Å². The molecule has 2 aromatic rings. The van der Waals surface area contributed by atoms with Gasteiger partial charge in [-0.1, -0.05) is 31.2 Å². The minimum absolute atomic E-state index is 0.303. The van der Waals surface area contributed by atoms with Crippen LogP contribution in [0.2, 0.25) is 0 Å². The fourth-order valence-corrected chi connectivity index (χ4v) is 2.48. The van der Waals surface area contributed by atoms with E-state index in [1.54, 1.807) is 0 Å². The van der Waals surface area contributed by atoms with E-state index < -0.39 is 0 Å². The van der Waals surface area contributed by atoms with Crippen molar-refractivity contribution in [3.63, 3.8) is 0 Å². The van der Waals surface area contributed by atoms with Crippen molar-refractivity contribution in [1.29, 1.82) is 0 Å². The van der Waals surface area contributed by atoms with Crippen LogP contribution < -0.4 is 5.32 Å². The Hall–Kier alpha value is -1.74. The molecule has 21 heavy (non-hydrogen) atoms. The van der Waals surface area contributed by atoms with Crippen molar-refractivity contribution in [3.8, 4) is 0 Å². The zero-order chi connectivity index (χ0) is 15.2. The lowest BCUT2D eigenvalue weighted by Gasteiger charge is -2.16. The van der Waals surface area contributed by atoms with Gasteiger partial charge in [0.1, 0.15) is 5.82 Å². The summed E-state index contributed by atoms with van der Waals surface area (Å²) in [6, 6.07) is 8.72. The largest absolute Gasteiger partial charge is 0.310 e. The van der Waals surface area contributed by atoms with Gasteiger partial charge < -0.3 is 5.32 Å². The van der Waals surface area contributed by atoms with Crippen LogP contribution in [0.4, 0.5) is 0 Å². The van der Waals surface area contributed by atoms with Gasteiger partial charge in [-0.05, 0) is 44.9 Å². The fourth-order valence-electron chi connectivity index (χ4n) is 2.48. The van der Waals surface area contributed by atoms with Crippen molar-refractivity contribution in [3.05, 3.63) is 58.7 Å². The van der Waals surface area contributed by atoms with Gasteiger partial charge in [-0.25, -0.2) is 9.97 Å². The first-order valence-corrected chi connectivity index (χ1v) is 7.72. The van der Waals surface area contributed by atoms with Gasteiger partial charge in [-0.2, -0.15) is 0 Å². The summed E-state index contributed by atoms with van der Waals surface area (Å²) >= 11 is 0. The SMILES string of the molecule is CCCNC(C)c1cnc(Cc2ccccc2C)nc1C. The molecule has 0 saturated heterocycles. The van der Waals surface area contributed by atoms with Gasteiger partial charge in [-0.3, -0.25) is 0 Å². The molecule has 1 aromatic heterocycles. The van der Waals surface area contributed by atoms with Gasteiger partial charge >= 0.3 is 0 Å². The Balaban J connectivity index is 2.14. The van der Waals surface area contributed by atoms with Crippen molar-refractivity contribution >= 4 is 0 Å². The lowest BCUT2D eigenvalue weighted by Crippen LogP contribution is -2.21. The summed E-state index contributed by atoms with van der Waals surface area (Å²) in [6.45, 7) is 9.57. The highest BCUT2D eigenvalue weighted by atomic mass is 14.9.